The van der Waals surface area contributed by atoms with Crippen molar-refractivity contribution in [2.24, 2.45) is 5.41 Å². The van der Waals surface area contributed by atoms with Crippen LogP contribution in [0.2, 0.25) is 0 Å². The highest BCUT2D eigenvalue weighted by atomic mass is 32.1. The van der Waals surface area contributed by atoms with E-state index >= 15 is 0 Å². The van der Waals surface area contributed by atoms with E-state index in [9.17, 15) is 4.79 Å². The molecule has 0 radical (unpaired) electrons. The molecule has 0 spiro atoms. The van der Waals surface area contributed by atoms with Crippen molar-refractivity contribution in [1.82, 2.24) is 4.98 Å². The second-order valence-corrected chi connectivity index (χ2v) is 6.92. The van der Waals surface area contributed by atoms with Gasteiger partial charge in [0.1, 0.15) is 16.8 Å². The number of Topliss-reactive ketones (excluding diaryl/α,β-unsaturated/α-hetero) is 1. The Labute approximate surface area is 113 Å². The molecule has 0 saturated heterocycles. The lowest BCUT2D eigenvalue weighted by Gasteiger charge is -2.28. The smallest absolute Gasteiger partial charge is 0.182 e. The fourth-order valence-electron chi connectivity index (χ4n) is 2.26. The van der Waals surface area contributed by atoms with E-state index in [0.29, 0.717) is 18.7 Å². The van der Waals surface area contributed by atoms with Gasteiger partial charge in [0, 0.05) is 17.9 Å². The molecule has 0 fully saturated rings. The number of ketones is 1. The summed E-state index contributed by atoms with van der Waals surface area (Å²) < 4.78 is 5.84. The molecule has 0 N–H and O–H groups in total. The van der Waals surface area contributed by atoms with Crippen molar-refractivity contribution in [3.8, 4) is 0 Å². The molecule has 0 aliphatic heterocycles. The highest BCUT2D eigenvalue weighted by Gasteiger charge is 2.32. The number of carbonyl (C=O) groups excluding carboxylic acids is 1. The summed E-state index contributed by atoms with van der Waals surface area (Å²) in [4.78, 5) is 17.5. The maximum atomic E-state index is 11.8. The molecule has 2 rings (SSSR count). The van der Waals surface area contributed by atoms with E-state index in [0.717, 1.165) is 22.7 Å². The van der Waals surface area contributed by atoms with Gasteiger partial charge in [-0.15, -0.1) is 11.3 Å². The van der Waals surface area contributed by atoms with E-state index in [2.05, 4.69) is 25.8 Å². The van der Waals surface area contributed by atoms with Crippen LogP contribution in [-0.2, 0) is 11.2 Å². The van der Waals surface area contributed by atoms with Crippen molar-refractivity contribution in [3.63, 3.8) is 0 Å². The molecule has 0 aromatic carbocycles. The van der Waals surface area contributed by atoms with Crippen molar-refractivity contribution in [2.75, 3.05) is 6.61 Å². The minimum absolute atomic E-state index is 0.000491. The van der Waals surface area contributed by atoms with Crippen LogP contribution in [0.4, 0.5) is 0 Å². The van der Waals surface area contributed by atoms with Gasteiger partial charge in [-0.1, -0.05) is 20.8 Å². The van der Waals surface area contributed by atoms with Crippen LogP contribution in [0, 0.1) is 5.41 Å². The Kier molecular flexibility index (Phi) is 3.87. The fraction of sp³-hybridized carbons (Fsp3) is 0.714. The third-order valence-corrected chi connectivity index (χ3v) is 4.29. The molecule has 100 valence electrons. The first kappa shape index (κ1) is 13.7. The van der Waals surface area contributed by atoms with Crippen LogP contribution in [0.1, 0.15) is 67.0 Å². The predicted molar refractivity (Wildman–Crippen MR) is 73.2 cm³/mol. The Morgan fingerprint density at radius 2 is 2.11 bits per heavy atom. The number of hydrogen-bond donors (Lipinski definition) is 0. The summed E-state index contributed by atoms with van der Waals surface area (Å²) in [5.41, 5.74) is 0.703. The molecule has 1 aromatic rings. The van der Waals surface area contributed by atoms with Gasteiger partial charge >= 0.3 is 0 Å². The van der Waals surface area contributed by atoms with Crippen molar-refractivity contribution in [1.29, 1.82) is 0 Å². The SMILES string of the molecule is CCOC(c1nc2c(s1)CCCC2=O)C(C)(C)C. The van der Waals surface area contributed by atoms with E-state index in [1.807, 2.05) is 6.92 Å². The van der Waals surface area contributed by atoms with Gasteiger partial charge in [-0.3, -0.25) is 4.79 Å². The summed E-state index contributed by atoms with van der Waals surface area (Å²) in [7, 11) is 0. The largest absolute Gasteiger partial charge is 0.371 e. The zero-order valence-corrected chi connectivity index (χ0v) is 12.4. The standard InChI is InChI=1S/C14H21NO2S/c1-5-17-12(14(2,3)4)13-15-11-9(16)7-6-8-10(11)18-13/h12H,5-8H2,1-4H3. The predicted octanol–water partition coefficient (Wildman–Crippen LogP) is 3.79. The number of nitrogens with zero attached hydrogens (tertiary/aromatic N) is 1. The number of aromatic nitrogens is 1. The Morgan fingerprint density at radius 3 is 2.67 bits per heavy atom. The van der Waals surface area contributed by atoms with Gasteiger partial charge < -0.3 is 4.74 Å². The van der Waals surface area contributed by atoms with Crippen LogP contribution in [0.15, 0.2) is 0 Å². The number of thiazole rings is 1. The molecule has 1 unspecified atom stereocenters. The number of fused-ring (bicyclic) bond motifs is 1. The molecule has 3 nitrogen and oxygen atoms in total. The molecular weight excluding hydrogens is 246 g/mol. The topological polar surface area (TPSA) is 39.2 Å². The molecule has 0 amide bonds. The highest BCUT2D eigenvalue weighted by molar-refractivity contribution is 7.12. The first-order valence-electron chi connectivity index (χ1n) is 6.58. The molecule has 1 atom stereocenters. The van der Waals surface area contributed by atoms with Gasteiger partial charge in [-0.05, 0) is 25.2 Å². The lowest BCUT2D eigenvalue weighted by atomic mass is 9.89. The van der Waals surface area contributed by atoms with Crippen LogP contribution in [-0.4, -0.2) is 17.4 Å². The molecule has 18 heavy (non-hydrogen) atoms. The summed E-state index contributed by atoms with van der Waals surface area (Å²) in [6.07, 6.45) is 2.57. The zero-order valence-electron chi connectivity index (χ0n) is 11.6. The maximum absolute atomic E-state index is 11.8. The minimum Gasteiger partial charge on any atom is -0.371 e. The highest BCUT2D eigenvalue weighted by Crippen LogP contribution is 2.40. The number of carbonyl (C=O) groups is 1. The lowest BCUT2D eigenvalue weighted by Crippen LogP contribution is -2.21. The average molecular weight is 267 g/mol. The van der Waals surface area contributed by atoms with Crippen LogP contribution >= 0.6 is 11.3 Å². The summed E-state index contributed by atoms with van der Waals surface area (Å²) in [5.74, 6) is 0.197. The summed E-state index contributed by atoms with van der Waals surface area (Å²) in [6.45, 7) is 9.11. The van der Waals surface area contributed by atoms with Gasteiger partial charge in [-0.2, -0.15) is 0 Å². The monoisotopic (exact) mass is 267 g/mol. The van der Waals surface area contributed by atoms with E-state index in [1.165, 1.54) is 0 Å². The molecule has 0 saturated carbocycles. The van der Waals surface area contributed by atoms with Crippen molar-refractivity contribution >= 4 is 17.1 Å². The number of rotatable bonds is 3. The fourth-order valence-corrected chi connectivity index (χ4v) is 3.68. The quantitative estimate of drug-likeness (QED) is 0.836. The Morgan fingerprint density at radius 1 is 1.39 bits per heavy atom. The second kappa shape index (κ2) is 5.10. The summed E-state index contributed by atoms with van der Waals surface area (Å²) in [5, 5.41) is 0.963. The third kappa shape index (κ3) is 2.64. The van der Waals surface area contributed by atoms with Crippen LogP contribution in [0.25, 0.3) is 0 Å². The van der Waals surface area contributed by atoms with Crippen LogP contribution < -0.4 is 0 Å². The first-order valence-corrected chi connectivity index (χ1v) is 7.39. The average Bonchev–Trinajstić information content (AvgIpc) is 2.69. The van der Waals surface area contributed by atoms with E-state index in [-0.39, 0.29) is 17.3 Å². The third-order valence-electron chi connectivity index (χ3n) is 3.13. The normalized spacial score (nSPS) is 17.7. The van der Waals surface area contributed by atoms with Gasteiger partial charge in [0.25, 0.3) is 0 Å². The van der Waals surface area contributed by atoms with Crippen LogP contribution in [0.5, 0.6) is 0 Å². The Hall–Kier alpha value is -0.740. The maximum Gasteiger partial charge on any atom is 0.182 e. The number of hydrogen-bond acceptors (Lipinski definition) is 4. The molecule has 1 heterocycles. The molecule has 4 heteroatoms. The first-order chi connectivity index (χ1) is 8.43. The van der Waals surface area contributed by atoms with Gasteiger partial charge in [-0.25, -0.2) is 4.98 Å². The van der Waals surface area contributed by atoms with Gasteiger partial charge in [0.15, 0.2) is 5.78 Å². The van der Waals surface area contributed by atoms with Crippen molar-refractivity contribution < 1.29 is 9.53 Å². The molecule has 1 aliphatic rings. The van der Waals surface area contributed by atoms with Gasteiger partial charge in [0.05, 0.1) is 0 Å². The van der Waals surface area contributed by atoms with Gasteiger partial charge in [0.2, 0.25) is 0 Å². The van der Waals surface area contributed by atoms with E-state index < -0.39 is 0 Å². The zero-order chi connectivity index (χ0) is 13.3. The Bertz CT molecular complexity index is 445. The molecule has 1 aliphatic carbocycles. The van der Waals surface area contributed by atoms with Crippen molar-refractivity contribution in [3.05, 3.63) is 15.6 Å². The Balaban J connectivity index is 2.35. The molecule has 1 aromatic heterocycles. The minimum atomic E-state index is -0.0223. The number of ether oxygens (including phenoxy) is 1. The van der Waals surface area contributed by atoms with Crippen LogP contribution in [0.3, 0.4) is 0 Å². The number of aryl methyl sites for hydroxylation is 1. The lowest BCUT2D eigenvalue weighted by molar-refractivity contribution is -0.0134. The van der Waals surface area contributed by atoms with Crippen molar-refractivity contribution in [2.45, 2.75) is 53.1 Å². The summed E-state index contributed by atoms with van der Waals surface area (Å²) in [6, 6.07) is 0. The van der Waals surface area contributed by atoms with E-state index in [1.54, 1.807) is 11.3 Å². The van der Waals surface area contributed by atoms with E-state index in [4.69, 9.17) is 4.74 Å². The second-order valence-electron chi connectivity index (χ2n) is 5.80. The molecular formula is C14H21NO2S. The molecule has 0 bridgehead atoms. The summed E-state index contributed by atoms with van der Waals surface area (Å²) >= 11 is 1.66.